The highest BCUT2D eigenvalue weighted by atomic mass is 16.5. The highest BCUT2D eigenvalue weighted by Gasteiger charge is 2.36. The highest BCUT2D eigenvalue weighted by Crippen LogP contribution is 2.42. The molecule has 1 saturated carbocycles. The molecule has 6 nitrogen and oxygen atoms in total. The van der Waals surface area contributed by atoms with Gasteiger partial charge >= 0.3 is 0 Å². The lowest BCUT2D eigenvalue weighted by atomic mass is 10.00. The molecule has 4 rings (SSSR count). The maximum Gasteiger partial charge on any atom is 0.226 e. The lowest BCUT2D eigenvalue weighted by Crippen LogP contribution is -2.28. The first-order valence-corrected chi connectivity index (χ1v) is 9.70. The van der Waals surface area contributed by atoms with Crippen molar-refractivity contribution in [2.75, 3.05) is 7.11 Å². The van der Waals surface area contributed by atoms with Gasteiger partial charge in [0.05, 0.1) is 49.2 Å². The zero-order valence-electron chi connectivity index (χ0n) is 16.2. The summed E-state index contributed by atoms with van der Waals surface area (Å²) < 4.78 is 5.37. The lowest BCUT2D eigenvalue weighted by Gasteiger charge is -2.17. The number of carbonyl (C=O) groups excluding carboxylic acids is 1. The normalized spacial score (nSPS) is 17.5. The number of rotatable bonds is 6. The first kappa shape index (κ1) is 18.6. The van der Waals surface area contributed by atoms with E-state index in [4.69, 9.17) is 4.74 Å². The summed E-state index contributed by atoms with van der Waals surface area (Å²) in [5, 5.41) is 13.7. The predicted molar refractivity (Wildman–Crippen MR) is 106 cm³/mol. The third kappa shape index (κ3) is 3.78. The van der Waals surface area contributed by atoms with E-state index in [0.29, 0.717) is 23.8 Å². The molecular weight excluding hydrogens is 354 g/mol. The van der Waals surface area contributed by atoms with Gasteiger partial charge < -0.3 is 15.2 Å². The molecule has 0 saturated heterocycles. The summed E-state index contributed by atoms with van der Waals surface area (Å²) in [7, 11) is 1.58. The first-order chi connectivity index (χ1) is 13.6. The number of fused-ring (bicyclic) bond motifs is 1. The van der Waals surface area contributed by atoms with Gasteiger partial charge in [-0.3, -0.25) is 9.78 Å². The maximum atomic E-state index is 12.6. The first-order valence-electron chi connectivity index (χ1n) is 9.70. The molecule has 0 spiro atoms. The smallest absolute Gasteiger partial charge is 0.226 e. The van der Waals surface area contributed by atoms with Crippen LogP contribution in [0.15, 0.2) is 41.4 Å². The van der Waals surface area contributed by atoms with Crippen LogP contribution in [0, 0.1) is 5.92 Å². The molecular formula is C22H25N3O3. The number of methoxy groups -OCH3 is 1. The SMILES string of the molecule is COC1=NCc2cc(CC(=O)N[C@H](C)c3ccccc3)nc(C(O)C3CC3)c21. The van der Waals surface area contributed by atoms with Crippen LogP contribution < -0.4 is 5.32 Å². The molecule has 1 amide bonds. The molecule has 2 aliphatic rings. The van der Waals surface area contributed by atoms with E-state index in [2.05, 4.69) is 15.3 Å². The summed E-state index contributed by atoms with van der Waals surface area (Å²) in [5.41, 5.74) is 4.06. The van der Waals surface area contributed by atoms with Crippen molar-refractivity contribution in [3.05, 3.63) is 64.5 Å². The second kappa shape index (κ2) is 7.72. The van der Waals surface area contributed by atoms with E-state index in [0.717, 1.165) is 29.5 Å². The second-order valence-corrected chi connectivity index (χ2v) is 7.52. The number of aliphatic hydroxyl groups excluding tert-OH is 1. The summed E-state index contributed by atoms with van der Waals surface area (Å²) in [6.07, 6.45) is 1.52. The number of nitrogens with one attached hydrogen (secondary N) is 1. The quantitative estimate of drug-likeness (QED) is 0.808. The van der Waals surface area contributed by atoms with Crippen LogP contribution in [0.2, 0.25) is 0 Å². The Hall–Kier alpha value is -2.73. The highest BCUT2D eigenvalue weighted by molar-refractivity contribution is 5.99. The molecule has 1 aromatic heterocycles. The van der Waals surface area contributed by atoms with Crippen LogP contribution in [0.5, 0.6) is 0 Å². The standard InChI is InChI=1S/C22H25N3O3/c1-13(14-6-4-3-5-7-14)24-18(26)11-17-10-16-12-23-22(28-2)19(16)20(25-17)21(27)15-8-9-15/h3-7,10,13,15,21,27H,8-9,11-12H2,1-2H3,(H,24,26)/t13-,21?/m1/s1. The van der Waals surface area contributed by atoms with Crippen LogP contribution in [-0.4, -0.2) is 29.0 Å². The summed E-state index contributed by atoms with van der Waals surface area (Å²) in [5.74, 6) is 0.657. The van der Waals surface area contributed by atoms with E-state index in [1.54, 1.807) is 7.11 Å². The van der Waals surface area contributed by atoms with Crippen molar-refractivity contribution >= 4 is 11.8 Å². The van der Waals surface area contributed by atoms with E-state index in [1.807, 2.05) is 43.3 Å². The van der Waals surface area contributed by atoms with E-state index >= 15 is 0 Å². The minimum atomic E-state index is -0.640. The number of aliphatic imine (C=N–C) groups is 1. The zero-order chi connectivity index (χ0) is 19.7. The van der Waals surface area contributed by atoms with Crippen molar-refractivity contribution < 1.29 is 14.6 Å². The molecule has 1 aromatic carbocycles. The average Bonchev–Trinajstić information content (AvgIpc) is 3.47. The van der Waals surface area contributed by atoms with Crippen LogP contribution in [0.25, 0.3) is 0 Å². The van der Waals surface area contributed by atoms with Crippen molar-refractivity contribution in [1.82, 2.24) is 10.3 Å². The molecule has 2 atom stereocenters. The van der Waals surface area contributed by atoms with Crippen LogP contribution >= 0.6 is 0 Å². The van der Waals surface area contributed by atoms with Gasteiger partial charge in [-0.1, -0.05) is 30.3 Å². The Balaban J connectivity index is 1.54. The van der Waals surface area contributed by atoms with Crippen LogP contribution in [0.1, 0.15) is 60.0 Å². The number of aromatic nitrogens is 1. The van der Waals surface area contributed by atoms with Gasteiger partial charge in [-0.25, -0.2) is 4.99 Å². The fourth-order valence-corrected chi connectivity index (χ4v) is 3.68. The van der Waals surface area contributed by atoms with Crippen molar-refractivity contribution in [2.45, 2.75) is 44.9 Å². The van der Waals surface area contributed by atoms with Crippen LogP contribution in [-0.2, 0) is 22.5 Å². The predicted octanol–water partition coefficient (Wildman–Crippen LogP) is 2.85. The van der Waals surface area contributed by atoms with Crippen LogP contribution in [0.3, 0.4) is 0 Å². The number of pyridine rings is 1. The van der Waals surface area contributed by atoms with Gasteiger partial charge in [-0.05, 0) is 42.9 Å². The Bertz CT molecular complexity index is 907. The van der Waals surface area contributed by atoms with Gasteiger partial charge in [-0.2, -0.15) is 0 Å². The number of ether oxygens (including phenoxy) is 1. The average molecular weight is 379 g/mol. The molecule has 1 aliphatic carbocycles. The van der Waals surface area contributed by atoms with Gasteiger partial charge in [0.2, 0.25) is 11.8 Å². The van der Waals surface area contributed by atoms with E-state index in [1.165, 1.54) is 0 Å². The van der Waals surface area contributed by atoms with Crippen molar-refractivity contribution in [3.8, 4) is 0 Å². The molecule has 0 bridgehead atoms. The fourth-order valence-electron chi connectivity index (χ4n) is 3.68. The second-order valence-electron chi connectivity index (χ2n) is 7.52. The fraction of sp³-hybridized carbons (Fsp3) is 0.409. The summed E-state index contributed by atoms with van der Waals surface area (Å²) >= 11 is 0. The maximum absolute atomic E-state index is 12.6. The summed E-state index contributed by atoms with van der Waals surface area (Å²) in [6, 6.07) is 11.7. The minimum Gasteiger partial charge on any atom is -0.481 e. The molecule has 0 radical (unpaired) electrons. The molecule has 28 heavy (non-hydrogen) atoms. The van der Waals surface area contributed by atoms with Crippen molar-refractivity contribution in [1.29, 1.82) is 0 Å². The third-order valence-corrected chi connectivity index (χ3v) is 5.35. The number of benzene rings is 1. The van der Waals surface area contributed by atoms with Gasteiger partial charge in [0.25, 0.3) is 0 Å². The molecule has 2 aromatic rings. The number of hydrogen-bond acceptors (Lipinski definition) is 5. The van der Waals surface area contributed by atoms with Gasteiger partial charge in [0.15, 0.2) is 0 Å². The Labute approximate surface area is 164 Å². The van der Waals surface area contributed by atoms with Crippen LogP contribution in [0.4, 0.5) is 0 Å². The third-order valence-electron chi connectivity index (χ3n) is 5.35. The minimum absolute atomic E-state index is 0.0805. The van der Waals surface area contributed by atoms with E-state index in [-0.39, 0.29) is 24.3 Å². The van der Waals surface area contributed by atoms with Crippen molar-refractivity contribution in [3.63, 3.8) is 0 Å². The van der Waals surface area contributed by atoms with Gasteiger partial charge in [-0.15, -0.1) is 0 Å². The number of aliphatic hydroxyl groups is 1. The lowest BCUT2D eigenvalue weighted by molar-refractivity contribution is -0.121. The molecule has 2 heterocycles. The molecule has 146 valence electrons. The Morgan fingerprint density at radius 1 is 1.32 bits per heavy atom. The molecule has 1 aliphatic heterocycles. The summed E-state index contributed by atoms with van der Waals surface area (Å²) in [4.78, 5) is 21.6. The topological polar surface area (TPSA) is 83.8 Å². The Kier molecular flexibility index (Phi) is 5.13. The van der Waals surface area contributed by atoms with Gasteiger partial charge in [0.1, 0.15) is 0 Å². The largest absolute Gasteiger partial charge is 0.481 e. The van der Waals surface area contributed by atoms with Crippen molar-refractivity contribution in [2.24, 2.45) is 10.9 Å². The van der Waals surface area contributed by atoms with Gasteiger partial charge in [0, 0.05) is 0 Å². The van der Waals surface area contributed by atoms with E-state index < -0.39 is 6.10 Å². The molecule has 2 N–H and O–H groups in total. The van der Waals surface area contributed by atoms with E-state index in [9.17, 15) is 9.90 Å². The number of nitrogens with zero attached hydrogens (tertiary/aromatic N) is 2. The summed E-state index contributed by atoms with van der Waals surface area (Å²) in [6.45, 7) is 2.45. The number of hydrogen-bond donors (Lipinski definition) is 2. The zero-order valence-corrected chi connectivity index (χ0v) is 16.2. The molecule has 1 unspecified atom stereocenters. The Morgan fingerprint density at radius 3 is 2.75 bits per heavy atom. The molecule has 1 fully saturated rings. The number of amides is 1. The Morgan fingerprint density at radius 2 is 2.07 bits per heavy atom. The number of carbonyl (C=O) groups is 1. The monoisotopic (exact) mass is 379 g/mol. The molecule has 6 heteroatoms.